The molecule has 0 aliphatic heterocycles. The Kier molecular flexibility index (Phi) is 4.38. The molecule has 1 heterocycles. The van der Waals surface area contributed by atoms with Crippen LogP contribution in [0.15, 0.2) is 71.7 Å². The number of carbonyl (C=O) groups excluding carboxylic acids is 1. The lowest BCUT2D eigenvalue weighted by atomic mass is 10.0. The second-order valence-electron chi connectivity index (χ2n) is 5.01. The van der Waals surface area contributed by atoms with Crippen LogP contribution >= 0.6 is 0 Å². The topological polar surface area (TPSA) is 87.2 Å². The molecule has 0 unspecified atom stereocenters. The summed E-state index contributed by atoms with van der Waals surface area (Å²) in [5.41, 5.74) is 6.15. The van der Waals surface area contributed by atoms with Crippen molar-refractivity contribution in [1.29, 1.82) is 0 Å². The van der Waals surface area contributed by atoms with Gasteiger partial charge in [0.25, 0.3) is 0 Å². The van der Waals surface area contributed by atoms with Crippen LogP contribution in [0.2, 0.25) is 0 Å². The fourth-order valence-electron chi connectivity index (χ4n) is 2.25. The molecule has 0 atom stereocenters. The highest BCUT2D eigenvalue weighted by Gasteiger charge is 2.20. The number of aromatic nitrogens is 2. The summed E-state index contributed by atoms with van der Waals surface area (Å²) in [6.45, 7) is 0. The Morgan fingerprint density at radius 1 is 1.04 bits per heavy atom. The predicted molar refractivity (Wildman–Crippen MR) is 88.4 cm³/mol. The molecule has 0 bridgehead atoms. The summed E-state index contributed by atoms with van der Waals surface area (Å²) in [6, 6.07) is 21.0. The maximum absolute atomic E-state index is 12.4. The first-order valence-electron chi connectivity index (χ1n) is 7.23. The van der Waals surface area contributed by atoms with Crippen molar-refractivity contribution < 1.29 is 9.53 Å². The number of nitrogens with two attached hydrogens (primary N) is 1. The van der Waals surface area contributed by atoms with E-state index in [1.807, 2.05) is 60.7 Å². The zero-order valence-electron chi connectivity index (χ0n) is 12.6. The molecule has 3 rings (SSSR count). The summed E-state index contributed by atoms with van der Waals surface area (Å²) in [5.74, 6) is -0.0771. The lowest BCUT2D eigenvalue weighted by molar-refractivity contribution is 0.117. The molecule has 0 fully saturated rings. The van der Waals surface area contributed by atoms with Gasteiger partial charge in [0.1, 0.15) is 5.82 Å². The average Bonchev–Trinajstić information content (AvgIpc) is 2.61. The molecular formula is C18H14N3O3. The number of benzene rings is 2. The van der Waals surface area contributed by atoms with Crippen LogP contribution in [-0.2, 0) is 4.74 Å². The molecule has 119 valence electrons. The van der Waals surface area contributed by atoms with Crippen LogP contribution in [0.25, 0.3) is 0 Å². The summed E-state index contributed by atoms with van der Waals surface area (Å²) in [5, 5.41) is 0. The van der Waals surface area contributed by atoms with E-state index in [1.165, 1.54) is 0 Å². The van der Waals surface area contributed by atoms with Gasteiger partial charge in [0.15, 0.2) is 6.10 Å². The van der Waals surface area contributed by atoms with Crippen LogP contribution in [-0.4, -0.2) is 15.6 Å². The van der Waals surface area contributed by atoms with E-state index >= 15 is 0 Å². The van der Waals surface area contributed by atoms with Crippen LogP contribution in [0, 0.1) is 6.07 Å². The van der Waals surface area contributed by atoms with Crippen molar-refractivity contribution in [3.63, 3.8) is 0 Å². The molecule has 6 heteroatoms. The van der Waals surface area contributed by atoms with Crippen molar-refractivity contribution in [3.8, 4) is 0 Å². The summed E-state index contributed by atoms with van der Waals surface area (Å²) in [6.07, 6.45) is -0.370. The van der Waals surface area contributed by atoms with Gasteiger partial charge in [-0.3, -0.25) is 0 Å². The molecule has 0 aliphatic rings. The zero-order valence-corrected chi connectivity index (χ0v) is 12.6. The molecular weight excluding hydrogens is 306 g/mol. The van der Waals surface area contributed by atoms with Crippen LogP contribution in [0.1, 0.15) is 17.2 Å². The Balaban J connectivity index is 1.95. The Bertz CT molecular complexity index is 853. The van der Waals surface area contributed by atoms with Gasteiger partial charge in [0.2, 0.25) is 0 Å². The Labute approximate surface area is 138 Å². The number of nitrogen functional groups attached to an aromatic ring is 1. The Hall–Kier alpha value is -3.41. The lowest BCUT2D eigenvalue weighted by Crippen LogP contribution is -2.31. The smallest absolute Gasteiger partial charge is 0.423 e. The van der Waals surface area contributed by atoms with Gasteiger partial charge in [-0.1, -0.05) is 60.7 Å². The number of hydrogen-bond acceptors (Lipinski definition) is 5. The van der Waals surface area contributed by atoms with Crippen molar-refractivity contribution in [3.05, 3.63) is 94.5 Å². The molecule has 0 aliphatic carbocycles. The van der Waals surface area contributed by atoms with Crippen LogP contribution in [0.3, 0.4) is 0 Å². The van der Waals surface area contributed by atoms with Gasteiger partial charge >= 0.3 is 11.8 Å². The third-order valence-corrected chi connectivity index (χ3v) is 3.38. The van der Waals surface area contributed by atoms with Crippen LogP contribution < -0.4 is 11.4 Å². The number of nitrogens with zero attached hydrogens (tertiary/aromatic N) is 2. The standard InChI is InChI=1S/C18H14N3O3/c19-15-11-12-21(17(22)20-15)18(23)24-16(13-7-3-1-4-8-13)14-9-5-2-6-10-14/h1-10,12,16H,(H2,19,20,22). The fraction of sp³-hybridized carbons (Fsp3) is 0.0556. The van der Waals surface area contributed by atoms with Gasteiger partial charge in [-0.15, -0.1) is 0 Å². The van der Waals surface area contributed by atoms with Crippen LogP contribution in [0.5, 0.6) is 0 Å². The number of hydrogen-bond donors (Lipinski definition) is 1. The second kappa shape index (κ2) is 6.78. The molecule has 0 amide bonds. The van der Waals surface area contributed by atoms with Crippen molar-refractivity contribution in [1.82, 2.24) is 9.55 Å². The van der Waals surface area contributed by atoms with E-state index in [-0.39, 0.29) is 5.82 Å². The second-order valence-corrected chi connectivity index (χ2v) is 5.01. The van der Waals surface area contributed by atoms with Crippen molar-refractivity contribution in [2.45, 2.75) is 6.10 Å². The SMILES string of the molecule is Nc1[c]cn(C(=O)OC(c2ccccc2)c2ccccc2)c(=O)n1. The van der Waals surface area contributed by atoms with Crippen LogP contribution in [0.4, 0.5) is 10.6 Å². The minimum atomic E-state index is -0.846. The zero-order chi connectivity index (χ0) is 16.9. The van der Waals surface area contributed by atoms with Crippen molar-refractivity contribution in [2.75, 3.05) is 5.73 Å². The molecule has 3 aromatic rings. The minimum Gasteiger partial charge on any atom is -0.436 e. The number of rotatable bonds is 3. The molecule has 24 heavy (non-hydrogen) atoms. The van der Waals surface area contributed by atoms with Gasteiger partial charge < -0.3 is 10.5 Å². The van der Waals surface area contributed by atoms with E-state index in [1.54, 1.807) is 0 Å². The van der Waals surface area contributed by atoms with E-state index in [9.17, 15) is 9.59 Å². The molecule has 2 aromatic carbocycles. The number of ether oxygens (including phenoxy) is 1. The van der Waals surface area contributed by atoms with Gasteiger partial charge in [-0.05, 0) is 11.1 Å². The van der Waals surface area contributed by atoms with E-state index in [0.717, 1.165) is 21.9 Å². The average molecular weight is 320 g/mol. The maximum atomic E-state index is 12.4. The third kappa shape index (κ3) is 3.33. The summed E-state index contributed by atoms with van der Waals surface area (Å²) in [7, 11) is 0. The first-order valence-corrected chi connectivity index (χ1v) is 7.23. The minimum absolute atomic E-state index is 0.0771. The maximum Gasteiger partial charge on any atom is 0.423 e. The highest BCUT2D eigenvalue weighted by Crippen LogP contribution is 2.26. The summed E-state index contributed by atoms with van der Waals surface area (Å²) in [4.78, 5) is 27.6. The normalized spacial score (nSPS) is 10.5. The van der Waals surface area contributed by atoms with Crippen molar-refractivity contribution in [2.24, 2.45) is 0 Å². The number of carbonyl (C=O) groups is 1. The molecule has 0 spiro atoms. The largest absolute Gasteiger partial charge is 0.436 e. The first-order chi connectivity index (χ1) is 11.6. The fourth-order valence-corrected chi connectivity index (χ4v) is 2.25. The molecule has 6 nitrogen and oxygen atoms in total. The highest BCUT2D eigenvalue weighted by atomic mass is 16.6. The van der Waals surface area contributed by atoms with E-state index in [2.05, 4.69) is 11.1 Å². The van der Waals surface area contributed by atoms with E-state index < -0.39 is 17.9 Å². The molecule has 2 N–H and O–H groups in total. The molecule has 0 saturated carbocycles. The summed E-state index contributed by atoms with van der Waals surface area (Å²) < 4.78 is 6.28. The Morgan fingerprint density at radius 3 is 2.08 bits per heavy atom. The van der Waals surface area contributed by atoms with E-state index in [0.29, 0.717) is 0 Å². The quantitative estimate of drug-likeness (QED) is 0.800. The highest BCUT2D eigenvalue weighted by molar-refractivity contribution is 5.70. The third-order valence-electron chi connectivity index (χ3n) is 3.38. The van der Waals surface area contributed by atoms with Crippen molar-refractivity contribution >= 4 is 11.9 Å². The van der Waals surface area contributed by atoms with E-state index in [4.69, 9.17) is 10.5 Å². The van der Waals surface area contributed by atoms with Gasteiger partial charge in [-0.2, -0.15) is 4.98 Å². The Morgan fingerprint density at radius 2 is 1.58 bits per heavy atom. The molecule has 1 radical (unpaired) electrons. The summed E-state index contributed by atoms with van der Waals surface area (Å²) >= 11 is 0. The number of anilines is 1. The lowest BCUT2D eigenvalue weighted by Gasteiger charge is -2.19. The molecule has 1 aromatic heterocycles. The predicted octanol–water partition coefficient (Wildman–Crippen LogP) is 2.40. The van der Waals surface area contributed by atoms with Gasteiger partial charge in [0, 0.05) is 12.3 Å². The van der Waals surface area contributed by atoms with Gasteiger partial charge in [-0.25, -0.2) is 14.2 Å². The first kappa shape index (κ1) is 15.5. The monoisotopic (exact) mass is 320 g/mol. The molecule has 0 saturated heterocycles. The van der Waals surface area contributed by atoms with Gasteiger partial charge in [0.05, 0.1) is 0 Å².